The van der Waals surface area contributed by atoms with Crippen molar-refractivity contribution in [2.45, 2.75) is 0 Å². The third kappa shape index (κ3) is 2.81. The van der Waals surface area contributed by atoms with E-state index in [0.717, 1.165) is 0 Å². The molecule has 0 saturated carbocycles. The van der Waals surface area contributed by atoms with Gasteiger partial charge in [-0.05, 0) is 67.7 Å². The topological polar surface area (TPSA) is 9.86 Å². The maximum atomic E-state index is 2.66. The lowest BCUT2D eigenvalue weighted by Gasteiger charge is -2.34. The normalized spacial score (nSPS) is 13.1. The fraction of sp³-hybridized carbons (Fsp3) is 0. The fourth-order valence-electron chi connectivity index (χ4n) is 9.31. The van der Waals surface area contributed by atoms with Crippen LogP contribution in [0.25, 0.3) is 93.5 Å². The van der Waals surface area contributed by atoms with Crippen molar-refractivity contribution >= 4 is 72.2 Å². The number of para-hydroxylation sites is 2. The maximum absolute atomic E-state index is 2.66. The molecule has 0 aliphatic carbocycles. The van der Waals surface area contributed by atoms with Gasteiger partial charge in [-0.15, -0.1) is 0 Å². The highest BCUT2D eigenvalue weighted by atomic mass is 15.0. The summed E-state index contributed by atoms with van der Waals surface area (Å²) in [6.07, 6.45) is 0. The van der Waals surface area contributed by atoms with Crippen LogP contribution in [0.15, 0.2) is 152 Å². The van der Waals surface area contributed by atoms with Gasteiger partial charge < -0.3 is 9.05 Å². The van der Waals surface area contributed by atoms with Gasteiger partial charge in [0.1, 0.15) is 0 Å². The van der Waals surface area contributed by atoms with Gasteiger partial charge >= 0.3 is 6.85 Å². The van der Waals surface area contributed by atoms with Crippen LogP contribution in [0.5, 0.6) is 0 Å². The van der Waals surface area contributed by atoms with E-state index < -0.39 is 0 Å². The zero-order valence-electron chi connectivity index (χ0n) is 25.4. The Balaban J connectivity index is 1.33. The highest BCUT2D eigenvalue weighted by molar-refractivity contribution is 6.90. The van der Waals surface area contributed by atoms with E-state index in [2.05, 4.69) is 161 Å². The summed E-state index contributed by atoms with van der Waals surface area (Å²) in [5.74, 6) is 0. The van der Waals surface area contributed by atoms with E-state index in [-0.39, 0.29) is 6.85 Å². The molecular formula is C44H25BN2. The van der Waals surface area contributed by atoms with E-state index in [4.69, 9.17) is 0 Å². The van der Waals surface area contributed by atoms with Gasteiger partial charge in [-0.3, -0.25) is 0 Å². The molecule has 2 aromatic heterocycles. The van der Waals surface area contributed by atoms with Crippen molar-refractivity contribution in [1.82, 2.24) is 9.05 Å². The van der Waals surface area contributed by atoms with Gasteiger partial charge in [-0.25, -0.2) is 0 Å². The monoisotopic (exact) mass is 592 g/mol. The Morgan fingerprint density at radius 3 is 1.91 bits per heavy atom. The molecule has 4 heterocycles. The molecule has 12 rings (SSSR count). The second kappa shape index (κ2) is 8.40. The molecule has 3 heteroatoms. The molecule has 0 fully saturated rings. The summed E-state index contributed by atoms with van der Waals surface area (Å²) in [7, 11) is 0. The third-order valence-electron chi connectivity index (χ3n) is 11.1. The SMILES string of the molecule is c1ccc(-c2ccc3c4c2ccc2c(-c5ccccc5)cc5c(c24)n3-c2cccc3c2B5n2c4ccccc4c4cccc-3c42)cc1. The van der Waals surface area contributed by atoms with Crippen LogP contribution in [-0.2, 0) is 0 Å². The fourth-order valence-corrected chi connectivity index (χ4v) is 9.31. The summed E-state index contributed by atoms with van der Waals surface area (Å²) >= 11 is 0. The van der Waals surface area contributed by atoms with E-state index in [1.54, 1.807) is 0 Å². The lowest BCUT2D eigenvalue weighted by atomic mass is 9.45. The summed E-state index contributed by atoms with van der Waals surface area (Å²) in [5, 5.41) is 8.00. The predicted octanol–water partition coefficient (Wildman–Crippen LogP) is 9.76. The van der Waals surface area contributed by atoms with Crippen molar-refractivity contribution in [3.05, 3.63) is 152 Å². The van der Waals surface area contributed by atoms with Crippen molar-refractivity contribution in [1.29, 1.82) is 0 Å². The molecule has 0 radical (unpaired) electrons. The van der Waals surface area contributed by atoms with Crippen LogP contribution in [0.1, 0.15) is 0 Å². The molecular weight excluding hydrogens is 567 g/mol. The number of nitrogens with zero attached hydrogens (tertiary/aromatic N) is 2. The molecule has 47 heavy (non-hydrogen) atoms. The molecule has 0 atom stereocenters. The smallest absolute Gasteiger partial charge is 0.333 e. The minimum absolute atomic E-state index is 0.0507. The van der Waals surface area contributed by atoms with E-state index in [0.29, 0.717) is 0 Å². The summed E-state index contributed by atoms with van der Waals surface area (Å²) in [6, 6.07) is 56.6. The van der Waals surface area contributed by atoms with Crippen molar-refractivity contribution in [3.63, 3.8) is 0 Å². The van der Waals surface area contributed by atoms with Crippen molar-refractivity contribution in [3.8, 4) is 39.1 Å². The average molecular weight is 593 g/mol. The van der Waals surface area contributed by atoms with Crippen molar-refractivity contribution in [2.75, 3.05) is 0 Å². The Morgan fingerprint density at radius 2 is 1.09 bits per heavy atom. The molecule has 10 aromatic rings. The number of aromatic nitrogens is 2. The molecule has 0 unspecified atom stereocenters. The Hall–Kier alpha value is -6.06. The first-order valence-corrected chi connectivity index (χ1v) is 16.5. The second-order valence-corrected chi connectivity index (χ2v) is 13.2. The molecule has 2 aliphatic heterocycles. The summed E-state index contributed by atoms with van der Waals surface area (Å²) in [5.41, 5.74) is 17.1. The summed E-state index contributed by atoms with van der Waals surface area (Å²) in [4.78, 5) is 0. The van der Waals surface area contributed by atoms with E-state index in [1.165, 1.54) is 104 Å². The Morgan fingerprint density at radius 1 is 0.404 bits per heavy atom. The van der Waals surface area contributed by atoms with Gasteiger partial charge in [0.25, 0.3) is 0 Å². The molecule has 0 spiro atoms. The zero-order valence-corrected chi connectivity index (χ0v) is 25.4. The Kier molecular flexibility index (Phi) is 4.33. The molecule has 0 bridgehead atoms. The van der Waals surface area contributed by atoms with Gasteiger partial charge in [-0.1, -0.05) is 133 Å². The van der Waals surface area contributed by atoms with Crippen LogP contribution in [0.4, 0.5) is 0 Å². The quantitative estimate of drug-likeness (QED) is 0.140. The summed E-state index contributed by atoms with van der Waals surface area (Å²) < 4.78 is 5.25. The molecule has 214 valence electrons. The summed E-state index contributed by atoms with van der Waals surface area (Å²) in [6.45, 7) is 0.0507. The van der Waals surface area contributed by atoms with E-state index in [9.17, 15) is 0 Å². The zero-order chi connectivity index (χ0) is 30.4. The van der Waals surface area contributed by atoms with Crippen molar-refractivity contribution in [2.24, 2.45) is 0 Å². The minimum Gasteiger partial charge on any atom is -0.375 e. The highest BCUT2D eigenvalue weighted by Gasteiger charge is 2.42. The number of fused-ring (bicyclic) bond motifs is 8. The van der Waals surface area contributed by atoms with Gasteiger partial charge in [-0.2, -0.15) is 0 Å². The third-order valence-corrected chi connectivity index (χ3v) is 11.1. The molecule has 0 N–H and O–H groups in total. The number of rotatable bonds is 2. The lowest BCUT2D eigenvalue weighted by Crippen LogP contribution is -2.55. The van der Waals surface area contributed by atoms with Gasteiger partial charge in [0.15, 0.2) is 0 Å². The van der Waals surface area contributed by atoms with Gasteiger partial charge in [0, 0.05) is 43.8 Å². The Labute approximate surface area is 271 Å². The van der Waals surface area contributed by atoms with Crippen molar-refractivity contribution < 1.29 is 0 Å². The van der Waals surface area contributed by atoms with Crippen LogP contribution in [0.3, 0.4) is 0 Å². The first-order chi connectivity index (χ1) is 23.4. The van der Waals surface area contributed by atoms with Crippen LogP contribution >= 0.6 is 0 Å². The van der Waals surface area contributed by atoms with Crippen LogP contribution in [-0.4, -0.2) is 15.9 Å². The number of hydrogen-bond acceptors (Lipinski definition) is 0. The first-order valence-electron chi connectivity index (χ1n) is 16.5. The Bertz CT molecular complexity index is 2950. The number of hydrogen-bond donors (Lipinski definition) is 0. The van der Waals surface area contributed by atoms with Crippen LogP contribution < -0.4 is 10.9 Å². The first kappa shape index (κ1) is 24.2. The highest BCUT2D eigenvalue weighted by Crippen LogP contribution is 2.48. The maximum Gasteiger partial charge on any atom is 0.333 e. The minimum atomic E-state index is 0.0507. The molecule has 2 nitrogen and oxygen atoms in total. The molecule has 2 aliphatic rings. The largest absolute Gasteiger partial charge is 0.375 e. The van der Waals surface area contributed by atoms with Gasteiger partial charge in [0.2, 0.25) is 0 Å². The molecule has 0 saturated heterocycles. The lowest BCUT2D eigenvalue weighted by molar-refractivity contribution is 1.18. The molecule has 8 aromatic carbocycles. The van der Waals surface area contributed by atoms with Crippen LogP contribution in [0.2, 0.25) is 0 Å². The number of benzene rings is 8. The van der Waals surface area contributed by atoms with Gasteiger partial charge in [0.05, 0.1) is 11.0 Å². The molecule has 0 amide bonds. The predicted molar refractivity (Wildman–Crippen MR) is 199 cm³/mol. The van der Waals surface area contributed by atoms with Crippen LogP contribution in [0, 0.1) is 0 Å². The van der Waals surface area contributed by atoms with E-state index >= 15 is 0 Å². The second-order valence-electron chi connectivity index (χ2n) is 13.2. The standard InChI is InChI=1S/C44H25BN2/c1-3-11-26(12-4-1)28-23-24-38-40-30(28)21-22-31-35(27-13-5-2-6-14-27)25-36-44(41(31)40)46(38)39-20-10-16-32-34-18-9-17-33-29-15-7-8-19-37(29)47(43(33)34)45(36)42(32)39/h1-25H. The van der Waals surface area contributed by atoms with E-state index in [1.807, 2.05) is 0 Å². The average Bonchev–Trinajstić information content (AvgIpc) is 3.67.